The average molecular weight is 407 g/mol. The summed E-state index contributed by atoms with van der Waals surface area (Å²) >= 11 is 1.35. The number of hydrogen-bond donors (Lipinski definition) is 2. The number of thiophene rings is 1. The molecule has 0 unspecified atom stereocenters. The van der Waals surface area contributed by atoms with E-state index < -0.39 is 21.7 Å². The van der Waals surface area contributed by atoms with Gasteiger partial charge in [-0.25, -0.2) is 8.42 Å². The Bertz CT molecular complexity index is 1010. The predicted molar refractivity (Wildman–Crippen MR) is 106 cm³/mol. The van der Waals surface area contributed by atoms with Gasteiger partial charge in [0.15, 0.2) is 9.84 Å². The van der Waals surface area contributed by atoms with Crippen LogP contribution in [-0.2, 0) is 22.7 Å². The van der Waals surface area contributed by atoms with Gasteiger partial charge in [0, 0.05) is 4.88 Å². The first-order chi connectivity index (χ1) is 12.7. The lowest BCUT2D eigenvalue weighted by atomic mass is 9.88. The van der Waals surface area contributed by atoms with E-state index in [1.54, 1.807) is 12.1 Å². The topological polar surface area (TPSA) is 106 Å². The highest BCUT2D eigenvalue weighted by Crippen LogP contribution is 2.39. The Morgan fingerprint density at radius 1 is 1.30 bits per heavy atom. The van der Waals surface area contributed by atoms with E-state index in [9.17, 15) is 18.0 Å². The third kappa shape index (κ3) is 3.77. The minimum Gasteiger partial charge on any atom is -0.365 e. The number of nitrogens with one attached hydrogen (secondary N) is 1. The van der Waals surface area contributed by atoms with Crippen molar-refractivity contribution in [1.29, 1.82) is 0 Å². The van der Waals surface area contributed by atoms with Gasteiger partial charge in [-0.3, -0.25) is 9.59 Å². The summed E-state index contributed by atoms with van der Waals surface area (Å²) in [5.74, 6) is -0.728. The highest BCUT2D eigenvalue weighted by molar-refractivity contribution is 7.91. The maximum absolute atomic E-state index is 12.8. The van der Waals surface area contributed by atoms with Gasteiger partial charge in [-0.15, -0.1) is 11.3 Å². The normalized spacial score (nSPS) is 16.6. The minimum atomic E-state index is -3.55. The van der Waals surface area contributed by atoms with Crippen molar-refractivity contribution < 1.29 is 18.0 Å². The molecular formula is C19H22N2O4S2. The SMILES string of the molecule is CCS(=O)(=O)c1ccccc1C(=O)Nc1sc2c(c1C(N)=O)CC[C@H](C)C2. The molecule has 1 aromatic carbocycles. The maximum atomic E-state index is 12.8. The maximum Gasteiger partial charge on any atom is 0.257 e. The van der Waals surface area contributed by atoms with Gasteiger partial charge in [0.05, 0.1) is 21.8 Å². The summed E-state index contributed by atoms with van der Waals surface area (Å²) in [5.41, 5.74) is 6.90. The lowest BCUT2D eigenvalue weighted by Gasteiger charge is -2.18. The molecule has 0 aliphatic heterocycles. The number of nitrogens with two attached hydrogens (primary N) is 1. The Morgan fingerprint density at radius 2 is 2.00 bits per heavy atom. The average Bonchev–Trinajstić information content (AvgIpc) is 2.98. The standard InChI is InChI=1S/C19H22N2O4S2/c1-3-27(24,25)15-7-5-4-6-13(15)18(23)21-19-16(17(20)22)12-9-8-11(2)10-14(12)26-19/h4-7,11H,3,8-10H2,1-2H3,(H2,20,22)(H,21,23)/t11-/m0/s1. The van der Waals surface area contributed by atoms with Crippen molar-refractivity contribution in [1.82, 2.24) is 0 Å². The second kappa shape index (κ2) is 7.44. The number of anilines is 1. The molecule has 1 aromatic heterocycles. The van der Waals surface area contributed by atoms with Crippen molar-refractivity contribution in [2.45, 2.75) is 38.0 Å². The summed E-state index contributed by atoms with van der Waals surface area (Å²) in [7, 11) is -3.55. The Hall–Kier alpha value is -2.19. The predicted octanol–water partition coefficient (Wildman–Crippen LogP) is 3.02. The zero-order valence-electron chi connectivity index (χ0n) is 15.2. The van der Waals surface area contributed by atoms with Crippen LogP contribution in [0.25, 0.3) is 0 Å². The molecule has 0 spiro atoms. The molecule has 2 amide bonds. The van der Waals surface area contributed by atoms with Crippen LogP contribution in [0.15, 0.2) is 29.2 Å². The summed E-state index contributed by atoms with van der Waals surface area (Å²) in [6.07, 6.45) is 2.56. The number of primary amides is 1. The number of benzene rings is 1. The molecule has 0 saturated heterocycles. The summed E-state index contributed by atoms with van der Waals surface area (Å²) < 4.78 is 24.6. The lowest BCUT2D eigenvalue weighted by molar-refractivity contribution is 0.1000. The van der Waals surface area contributed by atoms with Gasteiger partial charge < -0.3 is 11.1 Å². The van der Waals surface area contributed by atoms with Crippen LogP contribution < -0.4 is 11.1 Å². The van der Waals surface area contributed by atoms with Gasteiger partial charge in [-0.1, -0.05) is 26.0 Å². The first-order valence-electron chi connectivity index (χ1n) is 8.82. The number of carbonyl (C=O) groups excluding carboxylic acids is 2. The summed E-state index contributed by atoms with van der Waals surface area (Å²) in [4.78, 5) is 25.9. The van der Waals surface area contributed by atoms with Gasteiger partial charge in [0.25, 0.3) is 11.8 Å². The van der Waals surface area contributed by atoms with E-state index in [0.29, 0.717) is 16.5 Å². The molecule has 0 saturated carbocycles. The van der Waals surface area contributed by atoms with E-state index in [-0.39, 0.29) is 16.2 Å². The molecular weight excluding hydrogens is 384 g/mol. The van der Waals surface area contributed by atoms with Crippen LogP contribution in [0.3, 0.4) is 0 Å². The molecule has 3 N–H and O–H groups in total. The van der Waals surface area contributed by atoms with Crippen LogP contribution >= 0.6 is 11.3 Å². The van der Waals surface area contributed by atoms with E-state index >= 15 is 0 Å². The van der Waals surface area contributed by atoms with Gasteiger partial charge in [-0.2, -0.15) is 0 Å². The van der Waals surface area contributed by atoms with Crippen LogP contribution in [0, 0.1) is 5.92 Å². The Morgan fingerprint density at radius 3 is 2.67 bits per heavy atom. The van der Waals surface area contributed by atoms with Crippen molar-refractivity contribution in [2.75, 3.05) is 11.1 Å². The van der Waals surface area contributed by atoms with Crippen molar-refractivity contribution >= 4 is 38.0 Å². The number of amides is 2. The number of carbonyl (C=O) groups is 2. The molecule has 27 heavy (non-hydrogen) atoms. The molecule has 8 heteroatoms. The second-order valence-electron chi connectivity index (χ2n) is 6.77. The molecule has 0 bridgehead atoms. The number of hydrogen-bond acceptors (Lipinski definition) is 5. The van der Waals surface area contributed by atoms with Crippen molar-refractivity contribution in [3.63, 3.8) is 0 Å². The van der Waals surface area contributed by atoms with Crippen LogP contribution in [0.1, 0.15) is 51.4 Å². The first-order valence-corrected chi connectivity index (χ1v) is 11.3. The molecule has 1 heterocycles. The van der Waals surface area contributed by atoms with Gasteiger partial charge >= 0.3 is 0 Å². The molecule has 3 rings (SSSR count). The third-order valence-corrected chi connectivity index (χ3v) is 7.79. The largest absolute Gasteiger partial charge is 0.365 e. The van der Waals surface area contributed by atoms with Crippen molar-refractivity contribution in [3.05, 3.63) is 45.8 Å². The van der Waals surface area contributed by atoms with Gasteiger partial charge in [0.2, 0.25) is 0 Å². The van der Waals surface area contributed by atoms with E-state index in [1.807, 2.05) is 0 Å². The van der Waals surface area contributed by atoms with Crippen LogP contribution in [0.5, 0.6) is 0 Å². The fraction of sp³-hybridized carbons (Fsp3) is 0.368. The summed E-state index contributed by atoms with van der Waals surface area (Å²) in [6, 6.07) is 6.08. The van der Waals surface area contributed by atoms with Gasteiger partial charge in [0.1, 0.15) is 5.00 Å². The van der Waals surface area contributed by atoms with E-state index in [4.69, 9.17) is 5.73 Å². The molecule has 1 aliphatic rings. The number of sulfone groups is 1. The fourth-order valence-corrected chi connectivity index (χ4v) is 5.85. The minimum absolute atomic E-state index is 0.0134. The zero-order chi connectivity index (χ0) is 19.8. The first kappa shape index (κ1) is 19.6. The Kier molecular flexibility index (Phi) is 5.39. The summed E-state index contributed by atoms with van der Waals surface area (Å²) in [5, 5.41) is 3.13. The molecule has 6 nitrogen and oxygen atoms in total. The highest BCUT2D eigenvalue weighted by atomic mass is 32.2. The highest BCUT2D eigenvalue weighted by Gasteiger charge is 2.28. The molecule has 1 aliphatic carbocycles. The summed E-state index contributed by atoms with van der Waals surface area (Å²) in [6.45, 7) is 3.68. The van der Waals surface area contributed by atoms with Crippen molar-refractivity contribution in [3.8, 4) is 0 Å². The van der Waals surface area contributed by atoms with Crippen LogP contribution in [-0.4, -0.2) is 26.0 Å². The molecule has 1 atom stereocenters. The van der Waals surface area contributed by atoms with E-state index in [2.05, 4.69) is 12.2 Å². The van der Waals surface area contributed by atoms with Crippen molar-refractivity contribution in [2.24, 2.45) is 11.7 Å². The molecule has 0 radical (unpaired) electrons. The van der Waals surface area contributed by atoms with E-state index in [1.165, 1.54) is 30.4 Å². The van der Waals surface area contributed by atoms with Crippen LogP contribution in [0.2, 0.25) is 0 Å². The van der Waals surface area contributed by atoms with Crippen LogP contribution in [0.4, 0.5) is 5.00 Å². The monoisotopic (exact) mass is 406 g/mol. The zero-order valence-corrected chi connectivity index (χ0v) is 16.9. The molecule has 0 fully saturated rings. The quantitative estimate of drug-likeness (QED) is 0.796. The Labute approximate surface area is 162 Å². The molecule has 144 valence electrons. The lowest BCUT2D eigenvalue weighted by Crippen LogP contribution is -2.20. The van der Waals surface area contributed by atoms with Gasteiger partial charge in [-0.05, 0) is 42.9 Å². The Balaban J connectivity index is 2.00. The van der Waals surface area contributed by atoms with E-state index in [0.717, 1.165) is 29.7 Å². The second-order valence-corrected chi connectivity index (χ2v) is 10.1. The molecule has 2 aromatic rings. The smallest absolute Gasteiger partial charge is 0.257 e. The third-order valence-electron chi connectivity index (χ3n) is 4.83. The number of rotatable bonds is 5. The number of fused-ring (bicyclic) bond motifs is 1. The fourth-order valence-electron chi connectivity index (χ4n) is 3.35.